The lowest BCUT2D eigenvalue weighted by Crippen LogP contribution is -2.37. The molecule has 1 heterocycles. The second kappa shape index (κ2) is 9.56. The van der Waals surface area contributed by atoms with Gasteiger partial charge in [0.25, 0.3) is 0 Å². The van der Waals surface area contributed by atoms with Crippen molar-refractivity contribution >= 4 is 11.9 Å². The van der Waals surface area contributed by atoms with E-state index in [1.54, 1.807) is 6.92 Å². The maximum Gasteiger partial charge on any atom is 0.305 e. The van der Waals surface area contributed by atoms with Gasteiger partial charge in [0.15, 0.2) is 0 Å². The lowest BCUT2D eigenvalue weighted by Gasteiger charge is -2.25. The number of nitrogens with one attached hydrogen (secondary N) is 1. The highest BCUT2D eigenvalue weighted by molar-refractivity contribution is 5.78. The van der Waals surface area contributed by atoms with Gasteiger partial charge in [0, 0.05) is 19.0 Å². The number of hydrogen-bond acceptors (Lipinski definition) is 4. The first-order valence-electron chi connectivity index (χ1n) is 9.24. The third-order valence-corrected chi connectivity index (χ3v) is 4.52. The summed E-state index contributed by atoms with van der Waals surface area (Å²) in [7, 11) is 0. The molecule has 0 aromatic heterocycles. The number of carbonyl (C=O) groups excluding carboxylic acids is 2. The molecule has 1 N–H and O–H groups in total. The molecule has 1 saturated heterocycles. The minimum atomic E-state index is -0.203. The van der Waals surface area contributed by atoms with Gasteiger partial charge in [0.1, 0.15) is 0 Å². The van der Waals surface area contributed by atoms with Crippen molar-refractivity contribution in [2.75, 3.05) is 26.2 Å². The SMILES string of the molecule is CCOC(=O)CCCNC(=O)CN1CCCC1c1cc(C)cc(C)c1. The van der Waals surface area contributed by atoms with Crippen LogP contribution in [0.25, 0.3) is 0 Å². The molecule has 138 valence electrons. The maximum atomic E-state index is 12.2. The first-order valence-corrected chi connectivity index (χ1v) is 9.24. The summed E-state index contributed by atoms with van der Waals surface area (Å²) in [4.78, 5) is 25.7. The van der Waals surface area contributed by atoms with Crippen LogP contribution in [0, 0.1) is 13.8 Å². The summed E-state index contributed by atoms with van der Waals surface area (Å²) in [6.07, 6.45) is 3.18. The first kappa shape index (κ1) is 19.4. The van der Waals surface area contributed by atoms with E-state index in [0.717, 1.165) is 19.4 Å². The fraction of sp³-hybridized carbons (Fsp3) is 0.600. The molecule has 1 atom stereocenters. The molecule has 0 radical (unpaired) electrons. The van der Waals surface area contributed by atoms with Gasteiger partial charge in [-0.1, -0.05) is 29.3 Å². The molecule has 1 aliphatic rings. The monoisotopic (exact) mass is 346 g/mol. The molecule has 1 unspecified atom stereocenters. The van der Waals surface area contributed by atoms with Crippen LogP contribution in [-0.4, -0.2) is 43.0 Å². The molecule has 0 spiro atoms. The normalized spacial score (nSPS) is 17.5. The minimum absolute atomic E-state index is 0.0279. The van der Waals surface area contributed by atoms with Crippen molar-refractivity contribution in [3.8, 4) is 0 Å². The second-order valence-corrected chi connectivity index (χ2v) is 6.81. The first-order chi connectivity index (χ1) is 12.0. The van der Waals surface area contributed by atoms with Crippen LogP contribution in [0.15, 0.2) is 18.2 Å². The van der Waals surface area contributed by atoms with Crippen molar-refractivity contribution in [1.29, 1.82) is 0 Å². The number of nitrogens with zero attached hydrogens (tertiary/aromatic N) is 1. The molecule has 5 nitrogen and oxygen atoms in total. The van der Waals surface area contributed by atoms with Crippen LogP contribution in [0.1, 0.15) is 55.3 Å². The van der Waals surface area contributed by atoms with E-state index >= 15 is 0 Å². The van der Waals surface area contributed by atoms with E-state index in [1.807, 2.05) is 0 Å². The van der Waals surface area contributed by atoms with Crippen molar-refractivity contribution in [2.24, 2.45) is 0 Å². The summed E-state index contributed by atoms with van der Waals surface area (Å²) in [6.45, 7) is 8.31. The lowest BCUT2D eigenvalue weighted by atomic mass is 9.99. The van der Waals surface area contributed by atoms with Crippen LogP contribution in [-0.2, 0) is 14.3 Å². The number of rotatable bonds is 8. The van der Waals surface area contributed by atoms with Crippen LogP contribution in [0.2, 0.25) is 0 Å². The molecular weight excluding hydrogens is 316 g/mol. The summed E-state index contributed by atoms with van der Waals surface area (Å²) in [5, 5.41) is 2.91. The average Bonchev–Trinajstić information content (AvgIpc) is 2.99. The van der Waals surface area contributed by atoms with E-state index in [2.05, 4.69) is 42.3 Å². The van der Waals surface area contributed by atoms with Gasteiger partial charge in [-0.3, -0.25) is 14.5 Å². The van der Waals surface area contributed by atoms with Crippen LogP contribution < -0.4 is 5.32 Å². The van der Waals surface area contributed by atoms with E-state index < -0.39 is 0 Å². The van der Waals surface area contributed by atoms with Crippen molar-refractivity contribution in [1.82, 2.24) is 10.2 Å². The highest BCUT2D eigenvalue weighted by atomic mass is 16.5. The Balaban J connectivity index is 1.80. The van der Waals surface area contributed by atoms with Gasteiger partial charge in [-0.15, -0.1) is 0 Å². The van der Waals surface area contributed by atoms with E-state index in [-0.39, 0.29) is 11.9 Å². The van der Waals surface area contributed by atoms with E-state index in [1.165, 1.54) is 16.7 Å². The van der Waals surface area contributed by atoms with Crippen LogP contribution in [0.4, 0.5) is 0 Å². The largest absolute Gasteiger partial charge is 0.466 e. The zero-order valence-corrected chi connectivity index (χ0v) is 15.6. The van der Waals surface area contributed by atoms with E-state index in [9.17, 15) is 9.59 Å². The smallest absolute Gasteiger partial charge is 0.305 e. The molecule has 0 aliphatic carbocycles. The average molecular weight is 346 g/mol. The number of aryl methyl sites for hydroxylation is 2. The van der Waals surface area contributed by atoms with Crippen LogP contribution in [0.5, 0.6) is 0 Å². The molecule has 1 fully saturated rings. The molecule has 1 aromatic carbocycles. The predicted molar refractivity (Wildman–Crippen MR) is 98.3 cm³/mol. The Kier molecular flexibility index (Phi) is 7.44. The predicted octanol–water partition coefficient (Wildman–Crippen LogP) is 2.90. The topological polar surface area (TPSA) is 58.6 Å². The molecule has 1 aromatic rings. The van der Waals surface area contributed by atoms with Crippen molar-refractivity contribution in [2.45, 2.75) is 52.5 Å². The van der Waals surface area contributed by atoms with Crippen molar-refractivity contribution in [3.63, 3.8) is 0 Å². The standard InChI is InChI=1S/C20H30N2O3/c1-4-25-20(24)8-5-9-21-19(23)14-22-10-6-7-18(22)17-12-15(2)11-16(3)13-17/h11-13,18H,4-10,14H2,1-3H3,(H,21,23). The summed E-state index contributed by atoms with van der Waals surface area (Å²) >= 11 is 0. The number of ether oxygens (including phenoxy) is 1. The third kappa shape index (κ3) is 6.16. The molecular formula is C20H30N2O3. The Bertz CT molecular complexity index is 580. The lowest BCUT2D eigenvalue weighted by molar-refractivity contribution is -0.143. The van der Waals surface area contributed by atoms with Gasteiger partial charge in [-0.25, -0.2) is 0 Å². The quantitative estimate of drug-likeness (QED) is 0.581. The van der Waals surface area contributed by atoms with Gasteiger partial charge in [0.05, 0.1) is 13.2 Å². The van der Waals surface area contributed by atoms with E-state index in [4.69, 9.17) is 4.74 Å². The number of benzene rings is 1. The zero-order chi connectivity index (χ0) is 18.2. The van der Waals surface area contributed by atoms with Crippen LogP contribution in [0.3, 0.4) is 0 Å². The van der Waals surface area contributed by atoms with Gasteiger partial charge in [-0.05, 0) is 52.1 Å². The summed E-state index contributed by atoms with van der Waals surface area (Å²) in [5.41, 5.74) is 3.85. The second-order valence-electron chi connectivity index (χ2n) is 6.81. The van der Waals surface area contributed by atoms with Crippen LogP contribution >= 0.6 is 0 Å². The van der Waals surface area contributed by atoms with E-state index in [0.29, 0.717) is 38.6 Å². The highest BCUT2D eigenvalue weighted by Crippen LogP contribution is 2.32. The number of esters is 1. The Morgan fingerprint density at radius 2 is 1.96 bits per heavy atom. The molecule has 1 aliphatic heterocycles. The molecule has 0 bridgehead atoms. The molecule has 25 heavy (non-hydrogen) atoms. The summed E-state index contributed by atoms with van der Waals surface area (Å²) in [6, 6.07) is 6.96. The fourth-order valence-electron chi connectivity index (χ4n) is 3.53. The maximum absolute atomic E-state index is 12.2. The highest BCUT2D eigenvalue weighted by Gasteiger charge is 2.27. The fourth-order valence-corrected chi connectivity index (χ4v) is 3.53. The van der Waals surface area contributed by atoms with Gasteiger partial charge in [0.2, 0.25) is 5.91 Å². The van der Waals surface area contributed by atoms with Crippen molar-refractivity contribution < 1.29 is 14.3 Å². The van der Waals surface area contributed by atoms with Gasteiger partial charge >= 0.3 is 5.97 Å². The van der Waals surface area contributed by atoms with Gasteiger partial charge < -0.3 is 10.1 Å². The number of hydrogen-bond donors (Lipinski definition) is 1. The summed E-state index contributed by atoms with van der Waals surface area (Å²) < 4.78 is 4.88. The van der Waals surface area contributed by atoms with Gasteiger partial charge in [-0.2, -0.15) is 0 Å². The molecule has 1 amide bonds. The number of carbonyl (C=O) groups is 2. The Morgan fingerprint density at radius 1 is 1.24 bits per heavy atom. The summed E-state index contributed by atoms with van der Waals surface area (Å²) in [5.74, 6) is -0.175. The molecule has 0 saturated carbocycles. The number of likely N-dealkylation sites (tertiary alicyclic amines) is 1. The Morgan fingerprint density at radius 3 is 2.64 bits per heavy atom. The Hall–Kier alpha value is -1.88. The Labute approximate surface area is 150 Å². The third-order valence-electron chi connectivity index (χ3n) is 4.52. The zero-order valence-electron chi connectivity index (χ0n) is 15.6. The molecule has 5 heteroatoms. The van der Waals surface area contributed by atoms with Crippen molar-refractivity contribution in [3.05, 3.63) is 34.9 Å². The minimum Gasteiger partial charge on any atom is -0.466 e. The number of amides is 1. The molecule has 2 rings (SSSR count).